The molecule has 3 fully saturated rings. The summed E-state index contributed by atoms with van der Waals surface area (Å²) in [5, 5.41) is 5.10. The number of imide groups is 1. The largest absolute Gasteiger partial charge is 0.373 e. The zero-order chi connectivity index (χ0) is 17.1. The molecule has 3 aliphatic heterocycles. The van der Waals surface area contributed by atoms with Crippen LogP contribution in [0.4, 0.5) is 5.82 Å². The summed E-state index contributed by atoms with van der Waals surface area (Å²) in [6.45, 7) is 0.526. The Kier molecular flexibility index (Phi) is 3.27. The van der Waals surface area contributed by atoms with E-state index in [2.05, 4.69) is 5.10 Å². The predicted molar refractivity (Wildman–Crippen MR) is 90.1 cm³/mol. The van der Waals surface area contributed by atoms with Crippen LogP contribution < -0.4 is 4.90 Å². The summed E-state index contributed by atoms with van der Waals surface area (Å²) in [6, 6.07) is 9.24. The second-order valence-corrected chi connectivity index (χ2v) is 7.29. The lowest BCUT2D eigenvalue weighted by Crippen LogP contribution is -2.34. The minimum Gasteiger partial charge on any atom is -0.373 e. The summed E-state index contributed by atoms with van der Waals surface area (Å²) in [6.07, 6.45) is 3.29. The van der Waals surface area contributed by atoms with Gasteiger partial charge in [-0.25, -0.2) is 4.90 Å². The molecular weight excluding hydrogens is 342 g/mol. The Bertz CT molecular complexity index is 852. The molecule has 6 nitrogen and oxygen atoms in total. The topological polar surface area (TPSA) is 64.4 Å². The highest BCUT2D eigenvalue weighted by atomic mass is 35.5. The molecule has 25 heavy (non-hydrogen) atoms. The van der Waals surface area contributed by atoms with Crippen LogP contribution in [0.25, 0.3) is 0 Å². The average Bonchev–Trinajstić information content (AvgIpc) is 3.33. The Morgan fingerprint density at radius 1 is 1.12 bits per heavy atom. The highest BCUT2D eigenvalue weighted by Gasteiger charge is 2.63. The zero-order valence-electron chi connectivity index (χ0n) is 13.3. The summed E-state index contributed by atoms with van der Waals surface area (Å²) in [7, 11) is 0. The quantitative estimate of drug-likeness (QED) is 0.790. The van der Waals surface area contributed by atoms with Gasteiger partial charge in [0.2, 0.25) is 11.8 Å². The van der Waals surface area contributed by atoms with E-state index < -0.39 is 0 Å². The number of rotatable bonds is 3. The number of fused-ring (bicyclic) bond motifs is 5. The molecule has 0 N–H and O–H groups in total. The zero-order valence-corrected chi connectivity index (χ0v) is 14.1. The number of ether oxygens (including phenoxy) is 1. The van der Waals surface area contributed by atoms with Gasteiger partial charge in [-0.2, -0.15) is 5.10 Å². The first-order chi connectivity index (χ1) is 12.1. The molecule has 7 heteroatoms. The molecule has 0 spiro atoms. The highest BCUT2D eigenvalue weighted by Crippen LogP contribution is 2.49. The van der Waals surface area contributed by atoms with Gasteiger partial charge >= 0.3 is 0 Å². The van der Waals surface area contributed by atoms with E-state index in [9.17, 15) is 9.59 Å². The number of hydrogen-bond acceptors (Lipinski definition) is 4. The Morgan fingerprint density at radius 3 is 2.52 bits per heavy atom. The van der Waals surface area contributed by atoms with Gasteiger partial charge in [0.15, 0.2) is 5.82 Å². The van der Waals surface area contributed by atoms with Gasteiger partial charge in [0, 0.05) is 17.3 Å². The van der Waals surface area contributed by atoms with Gasteiger partial charge in [0.1, 0.15) is 0 Å². The van der Waals surface area contributed by atoms with Crippen molar-refractivity contribution in [3.63, 3.8) is 0 Å². The first-order valence-electron chi connectivity index (χ1n) is 8.43. The second kappa shape index (κ2) is 5.41. The van der Waals surface area contributed by atoms with Crippen LogP contribution in [0.15, 0.2) is 36.5 Å². The van der Waals surface area contributed by atoms with Gasteiger partial charge in [-0.1, -0.05) is 23.7 Å². The number of amides is 2. The van der Waals surface area contributed by atoms with E-state index in [0.717, 1.165) is 18.4 Å². The molecule has 0 saturated carbocycles. The molecule has 5 rings (SSSR count). The number of carbonyl (C=O) groups is 2. The summed E-state index contributed by atoms with van der Waals surface area (Å²) in [4.78, 5) is 26.8. The first-order valence-corrected chi connectivity index (χ1v) is 8.81. The molecule has 3 saturated heterocycles. The standard InChI is InChI=1S/C18H16ClN3O3/c19-11-3-1-2-10(8-11)9-21-7-6-14(20-21)22-17(23)15-12-4-5-13(25-12)16(15)18(22)24/h1-3,6-8,12-13,15-16H,4-5,9H2/t12-,13+,15-,16-/m0/s1. The minimum atomic E-state index is -0.329. The molecular formula is C18H16ClN3O3. The van der Waals surface area contributed by atoms with Crippen molar-refractivity contribution in [1.82, 2.24) is 9.78 Å². The van der Waals surface area contributed by atoms with E-state index in [1.54, 1.807) is 16.9 Å². The third kappa shape index (κ3) is 2.24. The number of aromatic nitrogens is 2. The van der Waals surface area contributed by atoms with E-state index in [4.69, 9.17) is 16.3 Å². The van der Waals surface area contributed by atoms with Gasteiger partial charge < -0.3 is 4.74 Å². The number of hydrogen-bond donors (Lipinski definition) is 0. The maximum Gasteiger partial charge on any atom is 0.241 e. The normalized spacial score (nSPS) is 30.4. The van der Waals surface area contributed by atoms with Crippen molar-refractivity contribution in [3.05, 3.63) is 47.1 Å². The van der Waals surface area contributed by atoms with Crippen LogP contribution in [0, 0.1) is 11.8 Å². The van der Waals surface area contributed by atoms with E-state index in [-0.39, 0.29) is 35.9 Å². The van der Waals surface area contributed by atoms with E-state index in [1.807, 2.05) is 24.3 Å². The predicted octanol–water partition coefficient (Wildman–Crippen LogP) is 2.25. The number of anilines is 1. The van der Waals surface area contributed by atoms with Gasteiger partial charge in [0.25, 0.3) is 0 Å². The van der Waals surface area contributed by atoms with Crippen LogP contribution >= 0.6 is 11.6 Å². The lowest BCUT2D eigenvalue weighted by atomic mass is 9.81. The average molecular weight is 358 g/mol. The smallest absolute Gasteiger partial charge is 0.241 e. The maximum atomic E-state index is 12.8. The van der Waals surface area contributed by atoms with Crippen molar-refractivity contribution < 1.29 is 14.3 Å². The minimum absolute atomic E-state index is 0.106. The van der Waals surface area contributed by atoms with Gasteiger partial charge in [0.05, 0.1) is 30.6 Å². The van der Waals surface area contributed by atoms with Crippen LogP contribution in [0.2, 0.25) is 5.02 Å². The Labute approximate surface area is 149 Å². The van der Waals surface area contributed by atoms with Crippen LogP contribution in [0.1, 0.15) is 18.4 Å². The molecule has 4 heterocycles. The van der Waals surface area contributed by atoms with Crippen LogP contribution in [0.5, 0.6) is 0 Å². The lowest BCUT2D eigenvalue weighted by molar-refractivity contribution is -0.124. The van der Waals surface area contributed by atoms with Gasteiger partial charge in [-0.3, -0.25) is 14.3 Å². The summed E-state index contributed by atoms with van der Waals surface area (Å²) in [5.41, 5.74) is 1.00. The van der Waals surface area contributed by atoms with Crippen molar-refractivity contribution in [3.8, 4) is 0 Å². The third-order valence-corrected chi connectivity index (χ3v) is 5.61. The first kappa shape index (κ1) is 15.1. The van der Waals surface area contributed by atoms with Crippen LogP contribution in [-0.4, -0.2) is 33.8 Å². The molecule has 0 unspecified atom stereocenters. The number of halogens is 1. The molecule has 0 aliphatic carbocycles. The highest BCUT2D eigenvalue weighted by molar-refractivity contribution is 6.30. The lowest BCUT2D eigenvalue weighted by Gasteiger charge is -2.15. The second-order valence-electron chi connectivity index (χ2n) is 6.86. The Balaban J connectivity index is 1.40. The van der Waals surface area contributed by atoms with Crippen molar-refractivity contribution in [2.24, 2.45) is 11.8 Å². The molecule has 0 radical (unpaired) electrons. The monoisotopic (exact) mass is 357 g/mol. The fraction of sp³-hybridized carbons (Fsp3) is 0.389. The fourth-order valence-electron chi connectivity index (χ4n) is 4.32. The summed E-state index contributed by atoms with van der Waals surface area (Å²) < 4.78 is 7.46. The molecule has 1 aromatic heterocycles. The van der Waals surface area contributed by atoms with E-state index in [1.165, 1.54) is 4.90 Å². The number of carbonyl (C=O) groups excluding carboxylic acids is 2. The Morgan fingerprint density at radius 2 is 1.84 bits per heavy atom. The van der Waals surface area contributed by atoms with Crippen molar-refractivity contribution in [2.75, 3.05) is 4.90 Å². The molecule has 4 atom stereocenters. The maximum absolute atomic E-state index is 12.8. The molecule has 2 bridgehead atoms. The molecule has 1 aromatic carbocycles. The van der Waals surface area contributed by atoms with E-state index in [0.29, 0.717) is 17.4 Å². The molecule has 2 aromatic rings. The van der Waals surface area contributed by atoms with Crippen molar-refractivity contribution >= 4 is 29.2 Å². The van der Waals surface area contributed by atoms with Crippen LogP contribution in [-0.2, 0) is 20.9 Å². The van der Waals surface area contributed by atoms with Crippen molar-refractivity contribution in [2.45, 2.75) is 31.6 Å². The molecule has 3 aliphatic rings. The summed E-state index contributed by atoms with van der Waals surface area (Å²) >= 11 is 6.01. The van der Waals surface area contributed by atoms with Gasteiger partial charge in [-0.05, 0) is 30.5 Å². The third-order valence-electron chi connectivity index (χ3n) is 5.37. The Hall–Kier alpha value is -2.18. The van der Waals surface area contributed by atoms with Gasteiger partial charge in [-0.15, -0.1) is 0 Å². The SMILES string of the molecule is O=C1[C@@H]2[C@@H](C(=O)N1c1ccn(Cc3cccc(Cl)c3)n1)[C@H]1CC[C@@H]2O1. The molecule has 2 amide bonds. The number of nitrogens with zero attached hydrogens (tertiary/aromatic N) is 3. The fourth-order valence-corrected chi connectivity index (χ4v) is 4.53. The van der Waals surface area contributed by atoms with Crippen molar-refractivity contribution in [1.29, 1.82) is 0 Å². The number of benzene rings is 1. The molecule has 128 valence electrons. The van der Waals surface area contributed by atoms with E-state index >= 15 is 0 Å². The summed E-state index contributed by atoms with van der Waals surface area (Å²) in [5.74, 6) is -0.607. The van der Waals surface area contributed by atoms with Crippen LogP contribution in [0.3, 0.4) is 0 Å².